The fraction of sp³-hybridized carbons (Fsp3) is 0.257. The maximum Gasteiger partial charge on any atom is 0.264 e. The number of benzene rings is 4. The van der Waals surface area contributed by atoms with E-state index in [9.17, 15) is 18.0 Å². The number of hydrogen-bond donors (Lipinski definition) is 1. The summed E-state index contributed by atoms with van der Waals surface area (Å²) in [6, 6.07) is 28.8. The molecule has 0 aliphatic rings. The Morgan fingerprint density at radius 2 is 1.53 bits per heavy atom. The highest BCUT2D eigenvalue weighted by Gasteiger charge is 2.35. The predicted molar refractivity (Wildman–Crippen MR) is 184 cm³/mol. The van der Waals surface area contributed by atoms with Gasteiger partial charge < -0.3 is 10.2 Å². The molecule has 45 heavy (non-hydrogen) atoms. The predicted octanol–water partition coefficient (Wildman–Crippen LogP) is 7.16. The molecule has 0 bridgehead atoms. The third-order valence-electron chi connectivity index (χ3n) is 7.57. The van der Waals surface area contributed by atoms with Gasteiger partial charge in [-0.05, 0) is 73.4 Å². The van der Waals surface area contributed by atoms with Gasteiger partial charge in [-0.2, -0.15) is 0 Å². The fourth-order valence-electron chi connectivity index (χ4n) is 4.81. The molecule has 0 saturated carbocycles. The number of carbonyl (C=O) groups is 2. The third kappa shape index (κ3) is 8.96. The molecule has 2 amide bonds. The number of amides is 2. The van der Waals surface area contributed by atoms with Crippen LogP contribution >= 0.6 is 27.5 Å². The van der Waals surface area contributed by atoms with Crippen LogP contribution in [0.25, 0.3) is 0 Å². The van der Waals surface area contributed by atoms with E-state index in [1.807, 2.05) is 75.4 Å². The van der Waals surface area contributed by atoms with Crippen molar-refractivity contribution in [3.05, 3.63) is 129 Å². The van der Waals surface area contributed by atoms with Crippen LogP contribution in [0.4, 0.5) is 5.69 Å². The standard InChI is InChI=1S/C35H37BrClN3O4S/c1-4-26(3)38-35(42)33(21-27-12-7-5-8-13-27)39(23-28-14-11-15-29(36)20-28)34(41)24-40(30-19-18-25(2)32(37)22-30)45(43,44)31-16-9-6-10-17-31/h5-20,22,26,33H,4,21,23-24H2,1-3H3,(H,38,42)/t26-,33-/m1/s1. The van der Waals surface area contributed by atoms with E-state index in [4.69, 9.17) is 11.6 Å². The molecule has 0 radical (unpaired) electrons. The van der Waals surface area contributed by atoms with Crippen molar-refractivity contribution in [1.29, 1.82) is 0 Å². The third-order valence-corrected chi connectivity index (χ3v) is 10.3. The lowest BCUT2D eigenvalue weighted by atomic mass is 10.0. The van der Waals surface area contributed by atoms with E-state index in [0.29, 0.717) is 11.4 Å². The van der Waals surface area contributed by atoms with Crippen molar-refractivity contribution in [1.82, 2.24) is 10.2 Å². The maximum atomic E-state index is 14.5. The van der Waals surface area contributed by atoms with Crippen molar-refractivity contribution in [2.24, 2.45) is 0 Å². The first-order chi connectivity index (χ1) is 21.5. The van der Waals surface area contributed by atoms with Crippen molar-refractivity contribution < 1.29 is 18.0 Å². The average molecular weight is 711 g/mol. The molecule has 4 aromatic rings. The lowest BCUT2D eigenvalue weighted by Crippen LogP contribution is -2.54. The molecule has 1 N–H and O–H groups in total. The van der Waals surface area contributed by atoms with Crippen molar-refractivity contribution in [2.75, 3.05) is 10.8 Å². The van der Waals surface area contributed by atoms with Crippen LogP contribution in [-0.2, 0) is 32.6 Å². The highest BCUT2D eigenvalue weighted by Crippen LogP contribution is 2.29. The largest absolute Gasteiger partial charge is 0.352 e. The molecule has 0 aromatic heterocycles. The molecule has 0 unspecified atom stereocenters. The number of sulfonamides is 1. The van der Waals surface area contributed by atoms with E-state index < -0.39 is 28.5 Å². The number of anilines is 1. The van der Waals surface area contributed by atoms with Crippen LogP contribution in [0.3, 0.4) is 0 Å². The molecule has 10 heteroatoms. The van der Waals surface area contributed by atoms with E-state index in [-0.39, 0.29) is 35.5 Å². The van der Waals surface area contributed by atoms with Crippen LogP contribution in [0.5, 0.6) is 0 Å². The second-order valence-electron chi connectivity index (χ2n) is 10.9. The Morgan fingerprint density at radius 3 is 2.16 bits per heavy atom. The molecule has 0 aliphatic carbocycles. The van der Waals surface area contributed by atoms with Gasteiger partial charge in [-0.25, -0.2) is 8.42 Å². The molecule has 0 spiro atoms. The summed E-state index contributed by atoms with van der Waals surface area (Å²) in [5.74, 6) is -0.848. The van der Waals surface area contributed by atoms with Gasteiger partial charge in [-0.1, -0.05) is 101 Å². The van der Waals surface area contributed by atoms with Gasteiger partial charge in [-0.15, -0.1) is 0 Å². The smallest absolute Gasteiger partial charge is 0.264 e. The Kier molecular flexibility index (Phi) is 11.8. The summed E-state index contributed by atoms with van der Waals surface area (Å²) in [4.78, 5) is 30.0. The number of nitrogens with zero attached hydrogens (tertiary/aromatic N) is 2. The molecule has 2 atom stereocenters. The van der Waals surface area contributed by atoms with Crippen molar-refractivity contribution in [3.8, 4) is 0 Å². The van der Waals surface area contributed by atoms with Crippen molar-refractivity contribution in [2.45, 2.75) is 57.1 Å². The summed E-state index contributed by atoms with van der Waals surface area (Å²) in [6.07, 6.45) is 0.950. The first kappa shape index (κ1) is 34.2. The summed E-state index contributed by atoms with van der Waals surface area (Å²) in [7, 11) is -4.20. The van der Waals surface area contributed by atoms with Gasteiger partial charge in [-0.3, -0.25) is 13.9 Å². The fourth-order valence-corrected chi connectivity index (χ4v) is 6.86. The second-order valence-corrected chi connectivity index (χ2v) is 14.1. The molecule has 0 saturated heterocycles. The molecule has 4 aromatic carbocycles. The van der Waals surface area contributed by atoms with Crippen LogP contribution in [0.15, 0.2) is 112 Å². The molecule has 0 fully saturated rings. The van der Waals surface area contributed by atoms with Crippen molar-refractivity contribution >= 4 is 55.1 Å². The van der Waals surface area contributed by atoms with Gasteiger partial charge in [0, 0.05) is 28.5 Å². The summed E-state index contributed by atoms with van der Waals surface area (Å²) < 4.78 is 30.1. The zero-order valence-corrected chi connectivity index (χ0v) is 28.6. The van der Waals surface area contributed by atoms with Gasteiger partial charge in [0.2, 0.25) is 11.8 Å². The Bertz CT molecular complexity index is 1720. The van der Waals surface area contributed by atoms with Crippen LogP contribution < -0.4 is 9.62 Å². The second kappa shape index (κ2) is 15.6. The highest BCUT2D eigenvalue weighted by atomic mass is 79.9. The zero-order valence-electron chi connectivity index (χ0n) is 25.5. The number of rotatable bonds is 13. The molecular formula is C35H37BrClN3O4S. The molecule has 0 aliphatic heterocycles. The number of halogens is 2. The minimum Gasteiger partial charge on any atom is -0.352 e. The van der Waals surface area contributed by atoms with Crippen LogP contribution in [0.1, 0.15) is 37.0 Å². The Morgan fingerprint density at radius 1 is 0.889 bits per heavy atom. The molecule has 4 rings (SSSR count). The number of carbonyl (C=O) groups excluding carboxylic acids is 2. The number of hydrogen-bond acceptors (Lipinski definition) is 4. The molecule has 7 nitrogen and oxygen atoms in total. The zero-order chi connectivity index (χ0) is 32.6. The van der Waals surface area contributed by atoms with Crippen molar-refractivity contribution in [3.63, 3.8) is 0 Å². The van der Waals surface area contributed by atoms with Gasteiger partial charge in [0.05, 0.1) is 10.6 Å². The van der Waals surface area contributed by atoms with E-state index in [2.05, 4.69) is 21.2 Å². The minimum atomic E-state index is -4.20. The SMILES string of the molecule is CC[C@@H](C)NC(=O)[C@@H](Cc1ccccc1)N(Cc1cccc(Br)c1)C(=O)CN(c1ccc(C)c(Cl)c1)S(=O)(=O)c1ccccc1. The summed E-state index contributed by atoms with van der Waals surface area (Å²) in [5.41, 5.74) is 2.66. The minimum absolute atomic E-state index is 0.0309. The van der Waals surface area contributed by atoms with E-state index >= 15 is 0 Å². The first-order valence-corrected chi connectivity index (χ1v) is 17.3. The highest BCUT2D eigenvalue weighted by molar-refractivity contribution is 9.10. The lowest BCUT2D eigenvalue weighted by molar-refractivity contribution is -0.140. The van der Waals surface area contributed by atoms with E-state index in [0.717, 1.165) is 25.5 Å². The Labute approximate surface area is 279 Å². The molecule has 236 valence electrons. The van der Waals surface area contributed by atoms with Crippen LogP contribution in [0.2, 0.25) is 5.02 Å². The monoisotopic (exact) mass is 709 g/mol. The van der Waals surface area contributed by atoms with E-state index in [1.165, 1.54) is 17.0 Å². The summed E-state index contributed by atoms with van der Waals surface area (Å²) >= 11 is 9.95. The molecular weight excluding hydrogens is 674 g/mol. The first-order valence-electron chi connectivity index (χ1n) is 14.7. The summed E-state index contributed by atoms with van der Waals surface area (Å²) in [6.45, 7) is 5.23. The van der Waals surface area contributed by atoms with E-state index in [1.54, 1.807) is 36.4 Å². The average Bonchev–Trinajstić information content (AvgIpc) is 3.03. The number of aryl methyl sites for hydroxylation is 1. The van der Waals surface area contributed by atoms with Crippen LogP contribution in [0, 0.1) is 6.92 Å². The van der Waals surface area contributed by atoms with Gasteiger partial charge in [0.15, 0.2) is 0 Å². The Hall–Kier alpha value is -3.66. The topological polar surface area (TPSA) is 86.8 Å². The normalized spacial score (nSPS) is 12.6. The number of nitrogens with one attached hydrogen (secondary N) is 1. The Balaban J connectivity index is 1.82. The van der Waals surface area contributed by atoms with Gasteiger partial charge in [0.25, 0.3) is 10.0 Å². The molecule has 0 heterocycles. The maximum absolute atomic E-state index is 14.5. The van der Waals surface area contributed by atoms with Gasteiger partial charge in [0.1, 0.15) is 12.6 Å². The summed E-state index contributed by atoms with van der Waals surface area (Å²) in [5, 5.41) is 3.42. The lowest BCUT2D eigenvalue weighted by Gasteiger charge is -2.34. The quantitative estimate of drug-likeness (QED) is 0.160. The van der Waals surface area contributed by atoms with Crippen LogP contribution in [-0.4, -0.2) is 43.8 Å². The van der Waals surface area contributed by atoms with Gasteiger partial charge >= 0.3 is 0 Å².